The van der Waals surface area contributed by atoms with Crippen molar-refractivity contribution in [2.24, 2.45) is 0 Å². The van der Waals surface area contributed by atoms with Gasteiger partial charge in [-0.05, 0) is 31.0 Å². The number of benzene rings is 1. The number of hydrogen-bond acceptors (Lipinski definition) is 3. The predicted molar refractivity (Wildman–Crippen MR) is 82.1 cm³/mol. The molecule has 0 atom stereocenters. The van der Waals surface area contributed by atoms with Crippen LogP contribution in [0.5, 0.6) is 0 Å². The van der Waals surface area contributed by atoms with Crippen LogP contribution in [0.1, 0.15) is 16.3 Å². The molecule has 1 heterocycles. The maximum Gasteiger partial charge on any atom is 0.314 e. The van der Waals surface area contributed by atoms with Crippen LogP contribution >= 0.6 is 11.3 Å². The summed E-state index contributed by atoms with van der Waals surface area (Å²) in [4.78, 5) is 15.9. The SMILES string of the molecule is Cc1nc(CCNC(=O)NCCc2ccc(F)cc2)cs1. The second kappa shape index (κ2) is 7.73. The van der Waals surface area contributed by atoms with Gasteiger partial charge >= 0.3 is 6.03 Å². The van der Waals surface area contributed by atoms with Crippen molar-refractivity contribution in [3.8, 4) is 0 Å². The Morgan fingerprint density at radius 1 is 1.19 bits per heavy atom. The summed E-state index contributed by atoms with van der Waals surface area (Å²) in [7, 11) is 0. The first kappa shape index (κ1) is 15.4. The summed E-state index contributed by atoms with van der Waals surface area (Å²) < 4.78 is 12.7. The number of hydrogen-bond donors (Lipinski definition) is 2. The van der Waals surface area contributed by atoms with Crippen LogP contribution in [0.4, 0.5) is 9.18 Å². The van der Waals surface area contributed by atoms with Gasteiger partial charge < -0.3 is 10.6 Å². The summed E-state index contributed by atoms with van der Waals surface area (Å²) in [6.07, 6.45) is 1.41. The van der Waals surface area contributed by atoms with E-state index in [1.165, 1.54) is 12.1 Å². The van der Waals surface area contributed by atoms with Crippen LogP contribution in [0, 0.1) is 12.7 Å². The molecule has 0 radical (unpaired) electrons. The molecule has 112 valence electrons. The molecule has 1 aromatic carbocycles. The van der Waals surface area contributed by atoms with E-state index in [-0.39, 0.29) is 11.8 Å². The number of nitrogens with zero attached hydrogens (tertiary/aromatic N) is 1. The molecule has 0 unspecified atom stereocenters. The van der Waals surface area contributed by atoms with Gasteiger partial charge in [0.05, 0.1) is 10.7 Å². The van der Waals surface area contributed by atoms with Gasteiger partial charge in [0.25, 0.3) is 0 Å². The van der Waals surface area contributed by atoms with Crippen LogP contribution in [0.2, 0.25) is 0 Å². The third kappa shape index (κ3) is 5.51. The number of amides is 2. The highest BCUT2D eigenvalue weighted by molar-refractivity contribution is 7.09. The lowest BCUT2D eigenvalue weighted by molar-refractivity contribution is 0.241. The second-order valence-corrected chi connectivity index (χ2v) is 5.73. The lowest BCUT2D eigenvalue weighted by Crippen LogP contribution is -2.37. The summed E-state index contributed by atoms with van der Waals surface area (Å²) in [5.41, 5.74) is 2.00. The Labute approximate surface area is 127 Å². The van der Waals surface area contributed by atoms with Gasteiger partial charge in [0, 0.05) is 24.9 Å². The third-order valence-electron chi connectivity index (χ3n) is 2.95. The van der Waals surface area contributed by atoms with E-state index in [0.717, 1.165) is 22.7 Å². The van der Waals surface area contributed by atoms with Gasteiger partial charge in [0.15, 0.2) is 0 Å². The Bertz CT molecular complexity index is 583. The Morgan fingerprint density at radius 3 is 2.48 bits per heavy atom. The van der Waals surface area contributed by atoms with Gasteiger partial charge in [0.1, 0.15) is 5.82 Å². The molecule has 0 bridgehead atoms. The summed E-state index contributed by atoms with van der Waals surface area (Å²) in [5.74, 6) is -0.248. The van der Waals surface area contributed by atoms with Gasteiger partial charge in [-0.3, -0.25) is 0 Å². The molecule has 0 aliphatic heterocycles. The van der Waals surface area contributed by atoms with Crippen molar-refractivity contribution in [3.05, 3.63) is 51.7 Å². The number of nitrogens with one attached hydrogen (secondary N) is 2. The van der Waals surface area contributed by atoms with E-state index in [9.17, 15) is 9.18 Å². The summed E-state index contributed by atoms with van der Waals surface area (Å²) in [5, 5.41) is 8.61. The fraction of sp³-hybridized carbons (Fsp3) is 0.333. The molecule has 0 spiro atoms. The van der Waals surface area contributed by atoms with Crippen LogP contribution in [0.3, 0.4) is 0 Å². The zero-order chi connectivity index (χ0) is 15.1. The lowest BCUT2D eigenvalue weighted by Gasteiger charge is -2.07. The number of rotatable bonds is 6. The predicted octanol–water partition coefficient (Wildman–Crippen LogP) is 2.68. The van der Waals surface area contributed by atoms with E-state index in [1.807, 2.05) is 12.3 Å². The first-order valence-corrected chi connectivity index (χ1v) is 7.68. The van der Waals surface area contributed by atoms with Crippen LogP contribution in [-0.2, 0) is 12.8 Å². The lowest BCUT2D eigenvalue weighted by atomic mass is 10.1. The maximum atomic E-state index is 12.7. The van der Waals surface area contributed by atoms with Crippen molar-refractivity contribution < 1.29 is 9.18 Å². The number of thiazole rings is 1. The molecule has 4 nitrogen and oxygen atoms in total. The normalized spacial score (nSPS) is 10.4. The minimum absolute atomic E-state index is 0.191. The molecule has 0 fully saturated rings. The Hall–Kier alpha value is -1.95. The first-order chi connectivity index (χ1) is 10.1. The van der Waals surface area contributed by atoms with E-state index in [0.29, 0.717) is 19.5 Å². The van der Waals surface area contributed by atoms with Crippen LogP contribution in [0.15, 0.2) is 29.6 Å². The quantitative estimate of drug-likeness (QED) is 0.862. The molecule has 2 amide bonds. The topological polar surface area (TPSA) is 54.0 Å². The summed E-state index contributed by atoms with van der Waals surface area (Å²) >= 11 is 1.61. The second-order valence-electron chi connectivity index (χ2n) is 4.67. The number of halogens is 1. The molecule has 2 aromatic rings. The van der Waals surface area contributed by atoms with Crippen LogP contribution in [0.25, 0.3) is 0 Å². The van der Waals surface area contributed by atoms with E-state index in [4.69, 9.17) is 0 Å². The minimum atomic E-state index is -0.248. The van der Waals surface area contributed by atoms with Crippen molar-refractivity contribution in [2.75, 3.05) is 13.1 Å². The number of urea groups is 1. The number of carbonyl (C=O) groups is 1. The molecule has 21 heavy (non-hydrogen) atoms. The van der Waals surface area contributed by atoms with Gasteiger partial charge in [-0.2, -0.15) is 0 Å². The average Bonchev–Trinajstić information content (AvgIpc) is 2.87. The Balaban J connectivity index is 1.60. The fourth-order valence-corrected chi connectivity index (χ4v) is 2.51. The number of aryl methyl sites for hydroxylation is 1. The van der Waals surface area contributed by atoms with Crippen molar-refractivity contribution in [1.82, 2.24) is 15.6 Å². The van der Waals surface area contributed by atoms with Crippen molar-refractivity contribution in [2.45, 2.75) is 19.8 Å². The zero-order valence-electron chi connectivity index (χ0n) is 11.9. The summed E-state index contributed by atoms with van der Waals surface area (Å²) in [6, 6.07) is 6.10. The highest BCUT2D eigenvalue weighted by Crippen LogP contribution is 2.07. The molecule has 0 saturated heterocycles. The smallest absolute Gasteiger partial charge is 0.314 e. The standard InChI is InChI=1S/C15H18FN3OS/c1-11-19-14(10-21-11)7-9-18-15(20)17-8-6-12-2-4-13(16)5-3-12/h2-5,10H,6-9H2,1H3,(H2,17,18,20). The fourth-order valence-electron chi connectivity index (χ4n) is 1.86. The maximum absolute atomic E-state index is 12.7. The highest BCUT2D eigenvalue weighted by Gasteiger charge is 2.02. The Kier molecular flexibility index (Phi) is 5.68. The molecule has 2 N–H and O–H groups in total. The molecule has 2 rings (SSSR count). The van der Waals surface area contributed by atoms with E-state index in [2.05, 4.69) is 15.6 Å². The highest BCUT2D eigenvalue weighted by atomic mass is 32.1. The molecular weight excluding hydrogens is 289 g/mol. The summed E-state index contributed by atoms with van der Waals surface area (Å²) in [6.45, 7) is 3.04. The van der Waals surface area contributed by atoms with E-state index >= 15 is 0 Å². The van der Waals surface area contributed by atoms with Crippen LogP contribution < -0.4 is 10.6 Å². The van der Waals surface area contributed by atoms with Gasteiger partial charge in [-0.15, -0.1) is 11.3 Å². The van der Waals surface area contributed by atoms with Gasteiger partial charge in [0.2, 0.25) is 0 Å². The number of carbonyl (C=O) groups excluding carboxylic acids is 1. The van der Waals surface area contributed by atoms with Crippen molar-refractivity contribution in [3.63, 3.8) is 0 Å². The molecule has 0 aliphatic carbocycles. The van der Waals surface area contributed by atoms with Crippen LogP contribution in [-0.4, -0.2) is 24.1 Å². The minimum Gasteiger partial charge on any atom is -0.338 e. The molecular formula is C15H18FN3OS. The van der Waals surface area contributed by atoms with Gasteiger partial charge in [-0.1, -0.05) is 12.1 Å². The van der Waals surface area contributed by atoms with Crippen molar-refractivity contribution >= 4 is 17.4 Å². The first-order valence-electron chi connectivity index (χ1n) is 6.80. The van der Waals surface area contributed by atoms with Crippen molar-refractivity contribution in [1.29, 1.82) is 0 Å². The average molecular weight is 307 g/mol. The molecule has 1 aromatic heterocycles. The van der Waals surface area contributed by atoms with Gasteiger partial charge in [-0.25, -0.2) is 14.2 Å². The monoisotopic (exact) mass is 307 g/mol. The number of aromatic nitrogens is 1. The molecule has 0 saturated carbocycles. The van der Waals surface area contributed by atoms with E-state index in [1.54, 1.807) is 23.5 Å². The Morgan fingerprint density at radius 2 is 1.86 bits per heavy atom. The largest absolute Gasteiger partial charge is 0.338 e. The van der Waals surface area contributed by atoms with E-state index < -0.39 is 0 Å². The molecule has 6 heteroatoms. The molecule has 0 aliphatic rings. The third-order valence-corrected chi connectivity index (χ3v) is 3.77. The zero-order valence-corrected chi connectivity index (χ0v) is 12.7.